The molecular formula is C26H46O5Si. The van der Waals surface area contributed by atoms with Gasteiger partial charge in [0.15, 0.2) is 0 Å². The van der Waals surface area contributed by atoms with Crippen LogP contribution in [-0.2, 0) is 18.8 Å². The van der Waals surface area contributed by atoms with Crippen molar-refractivity contribution in [2.75, 3.05) is 6.61 Å². The minimum atomic E-state index is -2.12. The second kappa shape index (κ2) is 9.40. The predicted octanol–water partition coefficient (Wildman–Crippen LogP) is 5.71. The zero-order valence-electron chi connectivity index (χ0n) is 21.4. The average Bonchev–Trinajstić information content (AvgIpc) is 2.98. The molecule has 0 heterocycles. The van der Waals surface area contributed by atoms with E-state index < -0.39 is 8.32 Å². The molecule has 3 rings (SSSR count). The number of carbonyl (C=O) groups excluding carboxylic acids is 2. The SMILES string of the molecule is CC(=O)O[C@H]1CC[C@H]2[C@@H]3CC[C@@H](CC(=O)O[Si](C)(C)C(C)(C)C)[C@H](CCO)[C@H]3CC[C@]12C. The van der Waals surface area contributed by atoms with Crippen molar-refractivity contribution in [2.24, 2.45) is 35.0 Å². The largest absolute Gasteiger partial charge is 0.519 e. The van der Waals surface area contributed by atoms with Gasteiger partial charge in [0.25, 0.3) is 14.3 Å². The van der Waals surface area contributed by atoms with Crippen LogP contribution in [-0.4, -0.2) is 38.1 Å². The normalized spacial score (nSPS) is 37.4. The molecule has 3 aliphatic carbocycles. The van der Waals surface area contributed by atoms with E-state index >= 15 is 0 Å². The summed E-state index contributed by atoms with van der Waals surface area (Å²) in [5.41, 5.74) is 0.0741. The van der Waals surface area contributed by atoms with Crippen molar-refractivity contribution in [1.29, 1.82) is 0 Å². The average molecular weight is 467 g/mol. The highest BCUT2D eigenvalue weighted by atomic mass is 28.4. The third-order valence-electron chi connectivity index (χ3n) is 9.81. The van der Waals surface area contributed by atoms with Gasteiger partial charge in [-0.05, 0) is 92.7 Å². The van der Waals surface area contributed by atoms with Gasteiger partial charge in [0.1, 0.15) is 6.10 Å². The Morgan fingerprint density at radius 3 is 2.34 bits per heavy atom. The van der Waals surface area contributed by atoms with Gasteiger partial charge < -0.3 is 14.3 Å². The molecule has 0 bridgehead atoms. The lowest BCUT2D eigenvalue weighted by atomic mass is 9.51. The Labute approximate surface area is 196 Å². The van der Waals surface area contributed by atoms with Crippen LogP contribution in [0, 0.1) is 35.0 Å². The maximum absolute atomic E-state index is 13.0. The molecule has 3 aliphatic rings. The quantitative estimate of drug-likeness (QED) is 0.401. The van der Waals surface area contributed by atoms with Gasteiger partial charge in [0.2, 0.25) is 0 Å². The highest BCUT2D eigenvalue weighted by Crippen LogP contribution is 2.62. The monoisotopic (exact) mass is 466 g/mol. The molecule has 0 aromatic heterocycles. The van der Waals surface area contributed by atoms with Crippen LogP contribution < -0.4 is 0 Å². The molecule has 0 spiro atoms. The summed E-state index contributed by atoms with van der Waals surface area (Å²) >= 11 is 0. The number of esters is 1. The van der Waals surface area contributed by atoms with Crippen molar-refractivity contribution in [3.8, 4) is 0 Å². The Bertz CT molecular complexity index is 699. The van der Waals surface area contributed by atoms with Crippen molar-refractivity contribution < 1.29 is 23.9 Å². The topological polar surface area (TPSA) is 72.8 Å². The number of aliphatic hydroxyl groups excluding tert-OH is 1. The van der Waals surface area contributed by atoms with Gasteiger partial charge in [-0.25, -0.2) is 0 Å². The first-order valence-corrected chi connectivity index (χ1v) is 15.7. The minimum absolute atomic E-state index is 0.0135. The van der Waals surface area contributed by atoms with Crippen molar-refractivity contribution in [3.05, 3.63) is 0 Å². The van der Waals surface area contributed by atoms with E-state index in [2.05, 4.69) is 40.8 Å². The maximum atomic E-state index is 13.0. The van der Waals surface area contributed by atoms with Gasteiger partial charge in [0.05, 0.1) is 0 Å². The van der Waals surface area contributed by atoms with Gasteiger partial charge in [-0.3, -0.25) is 9.59 Å². The molecule has 0 aromatic rings. The second-order valence-corrected chi connectivity index (χ2v) is 17.3. The number of hydrogen-bond donors (Lipinski definition) is 1. The van der Waals surface area contributed by atoms with Gasteiger partial charge in [-0.15, -0.1) is 0 Å². The molecule has 3 saturated carbocycles. The second-order valence-electron chi connectivity index (χ2n) is 12.6. The highest BCUT2D eigenvalue weighted by molar-refractivity contribution is 6.75. The summed E-state index contributed by atoms with van der Waals surface area (Å²) in [4.78, 5) is 24.6. The number of aliphatic hydroxyl groups is 1. The molecule has 0 aromatic carbocycles. The molecule has 0 amide bonds. The molecule has 0 radical (unpaired) electrons. The number of fused-ring (bicyclic) bond motifs is 3. The van der Waals surface area contributed by atoms with Crippen LogP contribution in [0.15, 0.2) is 0 Å². The van der Waals surface area contributed by atoms with Gasteiger partial charge in [-0.1, -0.05) is 27.7 Å². The summed E-state index contributed by atoms with van der Waals surface area (Å²) in [5.74, 6) is 2.21. The first-order valence-electron chi connectivity index (χ1n) is 12.8. The van der Waals surface area contributed by atoms with E-state index in [1.165, 1.54) is 6.92 Å². The fourth-order valence-electron chi connectivity index (χ4n) is 7.13. The molecule has 32 heavy (non-hydrogen) atoms. The van der Waals surface area contributed by atoms with E-state index in [4.69, 9.17) is 9.16 Å². The summed E-state index contributed by atoms with van der Waals surface area (Å²) in [7, 11) is -2.12. The fourth-order valence-corrected chi connectivity index (χ4v) is 8.08. The Morgan fingerprint density at radius 2 is 1.75 bits per heavy atom. The zero-order valence-corrected chi connectivity index (χ0v) is 22.4. The van der Waals surface area contributed by atoms with E-state index in [0.717, 1.165) is 44.9 Å². The van der Waals surface area contributed by atoms with E-state index in [9.17, 15) is 14.7 Å². The molecule has 0 unspecified atom stereocenters. The standard InChI is InChI=1S/C26H46O5Si/c1-17(28)30-23-11-10-22-21-9-8-18(16-24(29)31-32(6,7)25(2,3)4)19(13-15-27)20(21)12-14-26(22,23)5/h18-23,27H,8-16H2,1-7H3/t18-,19-,20+,21+,22-,23-,26-/m0/s1. The lowest BCUT2D eigenvalue weighted by Crippen LogP contribution is -2.49. The molecule has 6 heteroatoms. The zero-order chi connectivity index (χ0) is 23.9. The molecule has 184 valence electrons. The molecule has 7 atom stereocenters. The maximum Gasteiger partial charge on any atom is 0.302 e. The van der Waals surface area contributed by atoms with Crippen molar-refractivity contribution in [2.45, 2.75) is 110 Å². The Morgan fingerprint density at radius 1 is 1.06 bits per heavy atom. The Hall–Kier alpha value is -0.883. The van der Waals surface area contributed by atoms with Crippen molar-refractivity contribution in [1.82, 2.24) is 0 Å². The Kier molecular flexibility index (Phi) is 7.56. The number of ether oxygens (including phenoxy) is 1. The van der Waals surface area contributed by atoms with Crippen LogP contribution in [0.25, 0.3) is 0 Å². The summed E-state index contributed by atoms with van der Waals surface area (Å²) in [6.45, 7) is 14.8. The van der Waals surface area contributed by atoms with Gasteiger partial charge in [-0.2, -0.15) is 0 Å². The highest BCUT2D eigenvalue weighted by Gasteiger charge is 2.57. The molecular weight excluding hydrogens is 420 g/mol. The molecule has 5 nitrogen and oxygen atoms in total. The van der Waals surface area contributed by atoms with Crippen LogP contribution in [0.5, 0.6) is 0 Å². The number of rotatable bonds is 6. The van der Waals surface area contributed by atoms with Gasteiger partial charge >= 0.3 is 5.97 Å². The first kappa shape index (κ1) is 25.7. The smallest absolute Gasteiger partial charge is 0.302 e. The summed E-state index contributed by atoms with van der Waals surface area (Å²) in [6.07, 6.45) is 7.74. The Balaban J connectivity index is 1.71. The minimum Gasteiger partial charge on any atom is -0.519 e. The summed E-state index contributed by atoms with van der Waals surface area (Å²) in [6, 6.07) is 0. The summed E-state index contributed by atoms with van der Waals surface area (Å²) in [5, 5.41) is 9.88. The van der Waals surface area contributed by atoms with E-state index in [1.54, 1.807) is 0 Å². The van der Waals surface area contributed by atoms with E-state index in [1.807, 2.05) is 0 Å². The third-order valence-corrected chi connectivity index (χ3v) is 14.2. The lowest BCUT2D eigenvalue weighted by molar-refractivity contribution is -0.157. The lowest BCUT2D eigenvalue weighted by Gasteiger charge is -2.54. The van der Waals surface area contributed by atoms with Crippen molar-refractivity contribution in [3.63, 3.8) is 0 Å². The van der Waals surface area contributed by atoms with Gasteiger partial charge in [0, 0.05) is 25.4 Å². The molecule has 0 aliphatic heterocycles. The number of hydrogen-bond acceptors (Lipinski definition) is 5. The van der Waals surface area contributed by atoms with Crippen LogP contribution in [0.3, 0.4) is 0 Å². The van der Waals surface area contributed by atoms with E-state index in [-0.39, 0.29) is 35.1 Å². The van der Waals surface area contributed by atoms with Crippen molar-refractivity contribution >= 4 is 20.3 Å². The van der Waals surface area contributed by atoms with Crippen LogP contribution >= 0.6 is 0 Å². The first-order chi connectivity index (χ1) is 14.8. The molecule has 3 fully saturated rings. The van der Waals surface area contributed by atoms with Crippen LogP contribution in [0.1, 0.15) is 86.0 Å². The fraction of sp³-hybridized carbons (Fsp3) is 0.923. The van der Waals surface area contributed by atoms with E-state index in [0.29, 0.717) is 36.0 Å². The summed E-state index contributed by atoms with van der Waals surface area (Å²) < 4.78 is 11.8. The van der Waals surface area contributed by atoms with Crippen LogP contribution in [0.4, 0.5) is 0 Å². The van der Waals surface area contributed by atoms with Crippen LogP contribution in [0.2, 0.25) is 18.1 Å². The molecule has 1 N–H and O–H groups in total. The number of carbonyl (C=O) groups is 2. The predicted molar refractivity (Wildman–Crippen MR) is 128 cm³/mol. The third kappa shape index (κ3) is 4.96. The molecule has 0 saturated heterocycles.